The average molecular weight is 385 g/mol. The number of aromatic nitrogens is 1. The summed E-state index contributed by atoms with van der Waals surface area (Å²) in [6.45, 7) is 1.89. The van der Waals surface area contributed by atoms with E-state index in [9.17, 15) is 14.9 Å². The van der Waals surface area contributed by atoms with Crippen LogP contribution in [0, 0.1) is 17.0 Å². The molecule has 2 aromatic carbocycles. The molecule has 0 spiro atoms. The van der Waals surface area contributed by atoms with Crippen molar-refractivity contribution < 1.29 is 9.72 Å². The van der Waals surface area contributed by atoms with Crippen LogP contribution in [-0.4, -0.2) is 21.6 Å². The maximum absolute atomic E-state index is 12.9. The third-order valence-electron chi connectivity index (χ3n) is 3.47. The summed E-state index contributed by atoms with van der Waals surface area (Å²) in [7, 11) is 0. The zero-order valence-electron chi connectivity index (χ0n) is 13.9. The number of carbonyl (C=O) groups is 1. The number of amides is 1. The van der Waals surface area contributed by atoms with Gasteiger partial charge in [-0.1, -0.05) is 18.2 Å². The van der Waals surface area contributed by atoms with Crippen molar-refractivity contribution in [3.8, 4) is 0 Å². The van der Waals surface area contributed by atoms with E-state index in [1.165, 1.54) is 35.2 Å². The van der Waals surface area contributed by atoms with Crippen LogP contribution in [0.2, 0.25) is 0 Å². The smallest absolute Gasteiger partial charge is 0.269 e. The lowest BCUT2D eigenvalue weighted by Crippen LogP contribution is -2.27. The van der Waals surface area contributed by atoms with Crippen molar-refractivity contribution >= 4 is 45.5 Å². The summed E-state index contributed by atoms with van der Waals surface area (Å²) in [6.07, 6.45) is 0. The van der Waals surface area contributed by atoms with Crippen LogP contribution < -0.4 is 4.90 Å². The van der Waals surface area contributed by atoms with Gasteiger partial charge in [0.15, 0.2) is 5.13 Å². The maximum atomic E-state index is 12.9. The lowest BCUT2D eigenvalue weighted by Gasteiger charge is -2.19. The molecule has 0 saturated carbocycles. The van der Waals surface area contributed by atoms with Gasteiger partial charge in [0.05, 0.1) is 22.1 Å². The molecule has 0 bridgehead atoms. The van der Waals surface area contributed by atoms with Crippen molar-refractivity contribution in [3.63, 3.8) is 0 Å². The Hall–Kier alpha value is -2.71. The lowest BCUT2D eigenvalue weighted by atomic mass is 10.3. The first kappa shape index (κ1) is 18.1. The summed E-state index contributed by atoms with van der Waals surface area (Å²) in [4.78, 5) is 30.0. The summed E-state index contributed by atoms with van der Waals surface area (Å²) in [5, 5.41) is 13.2. The molecule has 132 valence electrons. The van der Waals surface area contributed by atoms with E-state index in [0.29, 0.717) is 5.13 Å². The number of nitrogens with zero attached hydrogens (tertiary/aromatic N) is 3. The second-order valence-electron chi connectivity index (χ2n) is 5.38. The average Bonchev–Trinajstić information content (AvgIpc) is 3.07. The normalized spacial score (nSPS) is 10.5. The van der Waals surface area contributed by atoms with E-state index in [4.69, 9.17) is 0 Å². The highest BCUT2D eigenvalue weighted by Crippen LogP contribution is 2.30. The minimum Gasteiger partial charge on any atom is -0.273 e. The Morgan fingerprint density at radius 1 is 1.19 bits per heavy atom. The van der Waals surface area contributed by atoms with Gasteiger partial charge in [-0.15, -0.1) is 23.1 Å². The summed E-state index contributed by atoms with van der Waals surface area (Å²) in [5.74, 6) is 0.0969. The first-order valence-corrected chi connectivity index (χ1v) is 9.58. The SMILES string of the molecule is Cc1csc(N(C(=O)CSc2ccc([N+](=O)[O-])cc2)c2ccccc2)n1. The van der Waals surface area contributed by atoms with Gasteiger partial charge in [-0.2, -0.15) is 0 Å². The molecule has 0 aliphatic carbocycles. The van der Waals surface area contributed by atoms with Crippen molar-refractivity contribution in [2.45, 2.75) is 11.8 Å². The zero-order chi connectivity index (χ0) is 18.5. The van der Waals surface area contributed by atoms with Gasteiger partial charge in [-0.05, 0) is 31.2 Å². The highest BCUT2D eigenvalue weighted by atomic mass is 32.2. The van der Waals surface area contributed by atoms with Gasteiger partial charge in [0.1, 0.15) is 0 Å². The number of anilines is 2. The predicted molar refractivity (Wildman–Crippen MR) is 104 cm³/mol. The van der Waals surface area contributed by atoms with E-state index in [1.54, 1.807) is 17.0 Å². The molecule has 0 fully saturated rings. The van der Waals surface area contributed by atoms with Gasteiger partial charge < -0.3 is 0 Å². The van der Waals surface area contributed by atoms with Gasteiger partial charge in [0, 0.05) is 22.4 Å². The molecule has 0 atom stereocenters. The van der Waals surface area contributed by atoms with Crippen molar-refractivity contribution in [2.24, 2.45) is 0 Å². The monoisotopic (exact) mass is 385 g/mol. The topological polar surface area (TPSA) is 76.3 Å². The van der Waals surface area contributed by atoms with Crippen LogP contribution in [0.5, 0.6) is 0 Å². The Morgan fingerprint density at radius 3 is 2.46 bits per heavy atom. The Bertz CT molecular complexity index is 911. The van der Waals surface area contributed by atoms with Crippen LogP contribution in [0.25, 0.3) is 0 Å². The minimum absolute atomic E-state index is 0.0323. The van der Waals surface area contributed by atoms with Gasteiger partial charge in [0.25, 0.3) is 5.69 Å². The number of thiazole rings is 1. The Labute approximate surface area is 158 Å². The lowest BCUT2D eigenvalue weighted by molar-refractivity contribution is -0.384. The van der Waals surface area contributed by atoms with E-state index in [2.05, 4.69) is 4.98 Å². The van der Waals surface area contributed by atoms with Crippen molar-refractivity contribution in [3.05, 3.63) is 75.8 Å². The van der Waals surface area contributed by atoms with Crippen molar-refractivity contribution in [1.82, 2.24) is 4.98 Å². The fourth-order valence-electron chi connectivity index (χ4n) is 2.26. The number of thioether (sulfide) groups is 1. The number of aryl methyl sites for hydroxylation is 1. The van der Waals surface area contributed by atoms with E-state index in [1.807, 2.05) is 42.6 Å². The van der Waals surface area contributed by atoms with Crippen LogP contribution in [0.4, 0.5) is 16.5 Å². The minimum atomic E-state index is -0.443. The third kappa shape index (κ3) is 4.27. The molecule has 0 unspecified atom stereocenters. The van der Waals surface area contributed by atoms with Crippen molar-refractivity contribution in [2.75, 3.05) is 10.7 Å². The molecule has 3 rings (SSSR count). The number of carbonyl (C=O) groups excluding carboxylic acids is 1. The molecule has 1 aromatic heterocycles. The Morgan fingerprint density at radius 2 is 1.88 bits per heavy atom. The standard InChI is InChI=1S/C18H15N3O3S2/c1-13-11-26-18(19-13)20(14-5-3-2-4-6-14)17(22)12-25-16-9-7-15(8-10-16)21(23)24/h2-11H,12H2,1H3. The van der Waals surface area contributed by atoms with Crippen LogP contribution >= 0.6 is 23.1 Å². The molecule has 0 radical (unpaired) electrons. The first-order chi connectivity index (χ1) is 12.5. The van der Waals surface area contributed by atoms with Gasteiger partial charge >= 0.3 is 0 Å². The Balaban J connectivity index is 1.76. The number of hydrogen-bond donors (Lipinski definition) is 0. The number of benzene rings is 2. The molecule has 1 heterocycles. The van der Waals surface area contributed by atoms with E-state index >= 15 is 0 Å². The molecule has 1 amide bonds. The number of hydrogen-bond acceptors (Lipinski definition) is 6. The number of nitro benzene ring substituents is 1. The fraction of sp³-hybridized carbons (Fsp3) is 0.111. The number of nitro groups is 1. The Kier molecular flexibility index (Phi) is 5.65. The van der Waals surface area contributed by atoms with Crippen molar-refractivity contribution in [1.29, 1.82) is 0 Å². The van der Waals surface area contributed by atoms with Gasteiger partial charge in [0.2, 0.25) is 5.91 Å². The second kappa shape index (κ2) is 8.11. The van der Waals surface area contributed by atoms with Gasteiger partial charge in [-0.25, -0.2) is 4.98 Å². The maximum Gasteiger partial charge on any atom is 0.269 e. The van der Waals surface area contributed by atoms with Crippen LogP contribution in [0.1, 0.15) is 5.69 Å². The summed E-state index contributed by atoms with van der Waals surface area (Å²) < 4.78 is 0. The molecule has 0 aliphatic rings. The van der Waals surface area contributed by atoms with Crippen LogP contribution in [0.15, 0.2) is 64.9 Å². The van der Waals surface area contributed by atoms with E-state index < -0.39 is 4.92 Å². The molecule has 26 heavy (non-hydrogen) atoms. The molecular weight excluding hydrogens is 370 g/mol. The molecule has 6 nitrogen and oxygen atoms in total. The first-order valence-electron chi connectivity index (χ1n) is 7.72. The number of para-hydroxylation sites is 1. The van der Waals surface area contributed by atoms with E-state index in [-0.39, 0.29) is 17.3 Å². The quantitative estimate of drug-likeness (QED) is 0.345. The van der Waals surface area contributed by atoms with Crippen LogP contribution in [-0.2, 0) is 4.79 Å². The molecule has 0 aliphatic heterocycles. The number of rotatable bonds is 6. The fourth-order valence-corrected chi connectivity index (χ4v) is 3.84. The molecule has 0 N–H and O–H groups in total. The van der Waals surface area contributed by atoms with Gasteiger partial charge in [-0.3, -0.25) is 19.8 Å². The zero-order valence-corrected chi connectivity index (χ0v) is 15.5. The summed E-state index contributed by atoms with van der Waals surface area (Å²) >= 11 is 2.75. The van der Waals surface area contributed by atoms with E-state index in [0.717, 1.165) is 16.3 Å². The highest BCUT2D eigenvalue weighted by molar-refractivity contribution is 8.00. The predicted octanol–water partition coefficient (Wildman–Crippen LogP) is 4.82. The second-order valence-corrected chi connectivity index (χ2v) is 7.26. The summed E-state index contributed by atoms with van der Waals surface area (Å²) in [5.41, 5.74) is 1.66. The van der Waals surface area contributed by atoms with Crippen LogP contribution in [0.3, 0.4) is 0 Å². The molecule has 3 aromatic rings. The largest absolute Gasteiger partial charge is 0.273 e. The summed E-state index contributed by atoms with van der Waals surface area (Å²) in [6, 6.07) is 15.5. The molecule has 8 heteroatoms. The third-order valence-corrected chi connectivity index (χ3v) is 5.41. The molecular formula is C18H15N3O3S2. The number of non-ortho nitro benzene ring substituents is 1. The molecule has 0 saturated heterocycles. The highest BCUT2D eigenvalue weighted by Gasteiger charge is 2.21.